The summed E-state index contributed by atoms with van der Waals surface area (Å²) in [6.07, 6.45) is 1.62. The molecule has 0 aliphatic carbocycles. The van der Waals surface area contributed by atoms with Crippen molar-refractivity contribution < 1.29 is 9.18 Å². The van der Waals surface area contributed by atoms with Gasteiger partial charge in [0.15, 0.2) is 0 Å². The summed E-state index contributed by atoms with van der Waals surface area (Å²) in [5.74, 6) is -0.233. The van der Waals surface area contributed by atoms with Crippen molar-refractivity contribution in [3.8, 4) is 0 Å². The number of anilines is 1. The van der Waals surface area contributed by atoms with Crippen molar-refractivity contribution in [3.05, 3.63) is 53.4 Å². The van der Waals surface area contributed by atoms with Crippen LogP contribution in [-0.2, 0) is 6.54 Å². The van der Waals surface area contributed by atoms with Crippen molar-refractivity contribution in [2.24, 2.45) is 0 Å². The SMILES string of the molecule is Cc1nccc(CNC(=O)c2ccc(F)c(N)c2)n1. The molecule has 2 aromatic rings. The van der Waals surface area contributed by atoms with E-state index in [1.807, 2.05) is 0 Å². The Kier molecular flexibility index (Phi) is 3.70. The number of rotatable bonds is 3. The molecule has 3 N–H and O–H groups in total. The number of carbonyl (C=O) groups excluding carboxylic acids is 1. The maximum atomic E-state index is 13.0. The predicted octanol–water partition coefficient (Wildman–Crippen LogP) is 1.44. The van der Waals surface area contributed by atoms with Gasteiger partial charge in [-0.05, 0) is 31.2 Å². The average molecular weight is 260 g/mol. The molecule has 6 heteroatoms. The van der Waals surface area contributed by atoms with E-state index in [-0.39, 0.29) is 18.1 Å². The summed E-state index contributed by atoms with van der Waals surface area (Å²) in [5.41, 5.74) is 6.37. The van der Waals surface area contributed by atoms with Crippen molar-refractivity contribution in [1.82, 2.24) is 15.3 Å². The lowest BCUT2D eigenvalue weighted by atomic mass is 10.2. The highest BCUT2D eigenvalue weighted by molar-refractivity contribution is 5.94. The van der Waals surface area contributed by atoms with Gasteiger partial charge >= 0.3 is 0 Å². The molecule has 98 valence electrons. The number of hydrogen-bond acceptors (Lipinski definition) is 4. The normalized spacial score (nSPS) is 10.2. The summed E-state index contributed by atoms with van der Waals surface area (Å²) in [6, 6.07) is 5.56. The second-order valence-corrected chi connectivity index (χ2v) is 4.01. The number of amides is 1. The van der Waals surface area contributed by atoms with Gasteiger partial charge in [0.25, 0.3) is 5.91 Å². The lowest BCUT2D eigenvalue weighted by Crippen LogP contribution is -2.23. The Morgan fingerprint density at radius 3 is 2.89 bits per heavy atom. The molecule has 0 aliphatic heterocycles. The van der Waals surface area contributed by atoms with Crippen LogP contribution < -0.4 is 11.1 Å². The minimum absolute atomic E-state index is 0.0504. The number of hydrogen-bond donors (Lipinski definition) is 2. The zero-order valence-electron chi connectivity index (χ0n) is 10.4. The third-order valence-electron chi connectivity index (χ3n) is 2.52. The molecule has 19 heavy (non-hydrogen) atoms. The van der Waals surface area contributed by atoms with E-state index < -0.39 is 5.82 Å². The Morgan fingerprint density at radius 1 is 1.42 bits per heavy atom. The molecule has 0 radical (unpaired) electrons. The second kappa shape index (κ2) is 5.43. The first kappa shape index (κ1) is 12.9. The van der Waals surface area contributed by atoms with Gasteiger partial charge in [-0.1, -0.05) is 0 Å². The number of nitrogens with one attached hydrogen (secondary N) is 1. The van der Waals surface area contributed by atoms with E-state index in [0.29, 0.717) is 17.1 Å². The molecule has 5 nitrogen and oxygen atoms in total. The fraction of sp³-hybridized carbons (Fsp3) is 0.154. The van der Waals surface area contributed by atoms with Crippen molar-refractivity contribution in [2.45, 2.75) is 13.5 Å². The molecule has 1 amide bonds. The molecule has 0 atom stereocenters. The van der Waals surface area contributed by atoms with Gasteiger partial charge in [0.1, 0.15) is 11.6 Å². The maximum absolute atomic E-state index is 13.0. The molecule has 0 spiro atoms. The van der Waals surface area contributed by atoms with E-state index in [2.05, 4.69) is 15.3 Å². The molecule has 0 saturated carbocycles. The highest BCUT2D eigenvalue weighted by atomic mass is 19.1. The number of halogens is 1. The second-order valence-electron chi connectivity index (χ2n) is 4.01. The van der Waals surface area contributed by atoms with Gasteiger partial charge in [-0.2, -0.15) is 0 Å². The lowest BCUT2D eigenvalue weighted by molar-refractivity contribution is 0.0950. The minimum atomic E-state index is -0.539. The zero-order valence-corrected chi connectivity index (χ0v) is 10.4. The van der Waals surface area contributed by atoms with Crippen LogP contribution in [0.1, 0.15) is 21.9 Å². The van der Waals surface area contributed by atoms with Gasteiger partial charge < -0.3 is 11.1 Å². The van der Waals surface area contributed by atoms with Crippen LogP contribution in [0.15, 0.2) is 30.5 Å². The van der Waals surface area contributed by atoms with E-state index in [4.69, 9.17) is 5.73 Å². The van der Waals surface area contributed by atoms with Gasteiger partial charge in [0, 0.05) is 11.8 Å². The van der Waals surface area contributed by atoms with Crippen LogP contribution in [0.4, 0.5) is 10.1 Å². The van der Waals surface area contributed by atoms with E-state index in [0.717, 1.165) is 0 Å². The molecular weight excluding hydrogens is 247 g/mol. The fourth-order valence-corrected chi connectivity index (χ4v) is 1.56. The van der Waals surface area contributed by atoms with Crippen LogP contribution in [0.25, 0.3) is 0 Å². The Hall–Kier alpha value is -2.50. The van der Waals surface area contributed by atoms with Gasteiger partial charge in [-0.3, -0.25) is 4.79 Å². The Bertz CT molecular complexity index is 615. The third-order valence-corrected chi connectivity index (χ3v) is 2.52. The van der Waals surface area contributed by atoms with Crippen LogP contribution in [0.3, 0.4) is 0 Å². The number of nitrogens with two attached hydrogens (primary N) is 1. The summed E-state index contributed by atoms with van der Waals surface area (Å²) in [6.45, 7) is 2.05. The highest BCUT2D eigenvalue weighted by Crippen LogP contribution is 2.12. The van der Waals surface area contributed by atoms with E-state index in [1.165, 1.54) is 18.2 Å². The van der Waals surface area contributed by atoms with Crippen LogP contribution in [-0.4, -0.2) is 15.9 Å². The number of aromatic nitrogens is 2. The third kappa shape index (κ3) is 3.25. The monoisotopic (exact) mass is 260 g/mol. The van der Waals surface area contributed by atoms with Crippen molar-refractivity contribution in [1.29, 1.82) is 0 Å². The standard InChI is InChI=1S/C13H13FN4O/c1-8-16-5-4-10(18-8)7-17-13(19)9-2-3-11(14)12(15)6-9/h2-6H,7,15H2,1H3,(H,17,19). The summed E-state index contributed by atoms with van der Waals surface area (Å²) in [7, 11) is 0. The summed E-state index contributed by atoms with van der Waals surface area (Å²) in [5, 5.41) is 2.68. The van der Waals surface area contributed by atoms with Crippen molar-refractivity contribution in [2.75, 3.05) is 5.73 Å². The van der Waals surface area contributed by atoms with Crippen LogP contribution >= 0.6 is 0 Å². The molecule has 1 aromatic carbocycles. The first-order chi connectivity index (χ1) is 9.06. The summed E-state index contributed by atoms with van der Waals surface area (Å²) < 4.78 is 13.0. The number of benzene rings is 1. The molecule has 1 heterocycles. The predicted molar refractivity (Wildman–Crippen MR) is 68.8 cm³/mol. The lowest BCUT2D eigenvalue weighted by Gasteiger charge is -2.06. The zero-order chi connectivity index (χ0) is 13.8. The number of nitrogen functional groups attached to an aromatic ring is 1. The van der Waals surface area contributed by atoms with E-state index in [9.17, 15) is 9.18 Å². The molecular formula is C13H13FN4O. The molecule has 0 bridgehead atoms. The Morgan fingerprint density at radius 2 is 2.21 bits per heavy atom. The van der Waals surface area contributed by atoms with E-state index in [1.54, 1.807) is 19.2 Å². The largest absolute Gasteiger partial charge is 0.396 e. The number of aryl methyl sites for hydroxylation is 1. The quantitative estimate of drug-likeness (QED) is 0.818. The van der Waals surface area contributed by atoms with Crippen molar-refractivity contribution in [3.63, 3.8) is 0 Å². The van der Waals surface area contributed by atoms with Crippen LogP contribution in [0, 0.1) is 12.7 Å². The smallest absolute Gasteiger partial charge is 0.251 e. The van der Waals surface area contributed by atoms with Gasteiger partial charge in [0.05, 0.1) is 17.9 Å². The first-order valence-electron chi connectivity index (χ1n) is 5.68. The summed E-state index contributed by atoms with van der Waals surface area (Å²) in [4.78, 5) is 20.0. The summed E-state index contributed by atoms with van der Waals surface area (Å²) >= 11 is 0. The maximum Gasteiger partial charge on any atom is 0.251 e. The molecule has 2 rings (SSSR count). The fourth-order valence-electron chi connectivity index (χ4n) is 1.56. The molecule has 0 unspecified atom stereocenters. The topological polar surface area (TPSA) is 80.9 Å². The van der Waals surface area contributed by atoms with Crippen LogP contribution in [0.5, 0.6) is 0 Å². The molecule has 0 saturated heterocycles. The molecule has 0 aliphatic rings. The van der Waals surface area contributed by atoms with Gasteiger partial charge in [-0.25, -0.2) is 14.4 Å². The molecule has 1 aromatic heterocycles. The van der Waals surface area contributed by atoms with Crippen LogP contribution in [0.2, 0.25) is 0 Å². The van der Waals surface area contributed by atoms with E-state index >= 15 is 0 Å². The Labute approximate surface area is 109 Å². The van der Waals surface area contributed by atoms with Gasteiger partial charge in [0.2, 0.25) is 0 Å². The first-order valence-corrected chi connectivity index (χ1v) is 5.68. The average Bonchev–Trinajstić information content (AvgIpc) is 2.39. The van der Waals surface area contributed by atoms with Gasteiger partial charge in [-0.15, -0.1) is 0 Å². The van der Waals surface area contributed by atoms with Crippen molar-refractivity contribution >= 4 is 11.6 Å². The Balaban J connectivity index is 2.03. The minimum Gasteiger partial charge on any atom is -0.396 e. The highest BCUT2D eigenvalue weighted by Gasteiger charge is 2.08. The molecule has 0 fully saturated rings. The number of carbonyl (C=O) groups is 1. The number of nitrogens with zero attached hydrogens (tertiary/aromatic N) is 2.